The van der Waals surface area contributed by atoms with E-state index in [0.717, 1.165) is 37.8 Å². The van der Waals surface area contributed by atoms with Crippen LogP contribution in [0.3, 0.4) is 0 Å². The first kappa shape index (κ1) is 12.3. The van der Waals surface area contributed by atoms with E-state index >= 15 is 0 Å². The van der Waals surface area contributed by atoms with Gasteiger partial charge in [-0.25, -0.2) is 0 Å². The van der Waals surface area contributed by atoms with Crippen molar-refractivity contribution in [2.45, 2.75) is 32.7 Å². The molecule has 1 saturated heterocycles. The summed E-state index contributed by atoms with van der Waals surface area (Å²) in [6, 6.07) is 2.06. The lowest BCUT2D eigenvalue weighted by Crippen LogP contribution is -2.20. The van der Waals surface area contributed by atoms with Gasteiger partial charge in [0.05, 0.1) is 5.92 Å². The summed E-state index contributed by atoms with van der Waals surface area (Å²) in [5, 5.41) is 3.87. The van der Waals surface area contributed by atoms with Crippen LogP contribution < -0.4 is 0 Å². The Bertz CT molecular complexity index is 566. The number of rotatable bonds is 3. The fraction of sp³-hybridized carbons (Fsp3) is 0.500. The first-order chi connectivity index (χ1) is 9.22. The smallest absolute Gasteiger partial charge is 0.231 e. The SMILES string of the molecule is Cc1noc([C@@H]2CCN(Cc3cnccc3C)C2)n1. The molecule has 1 aliphatic rings. The number of pyridine rings is 1. The van der Waals surface area contributed by atoms with Crippen molar-refractivity contribution in [2.75, 3.05) is 13.1 Å². The van der Waals surface area contributed by atoms with Crippen molar-refractivity contribution in [3.8, 4) is 0 Å². The summed E-state index contributed by atoms with van der Waals surface area (Å²) in [5.41, 5.74) is 2.59. The Kier molecular flexibility index (Phi) is 3.29. The van der Waals surface area contributed by atoms with E-state index in [1.807, 2.05) is 19.3 Å². The third-order valence-corrected chi connectivity index (χ3v) is 3.71. The molecule has 3 heterocycles. The van der Waals surface area contributed by atoms with E-state index in [-0.39, 0.29) is 0 Å². The maximum atomic E-state index is 5.27. The lowest BCUT2D eigenvalue weighted by molar-refractivity contribution is 0.308. The van der Waals surface area contributed by atoms with Gasteiger partial charge < -0.3 is 4.52 Å². The minimum absolute atomic E-state index is 0.373. The van der Waals surface area contributed by atoms with Gasteiger partial charge >= 0.3 is 0 Å². The minimum Gasteiger partial charge on any atom is -0.339 e. The summed E-state index contributed by atoms with van der Waals surface area (Å²) in [7, 11) is 0. The molecule has 19 heavy (non-hydrogen) atoms. The number of aryl methyl sites for hydroxylation is 2. The van der Waals surface area contributed by atoms with E-state index < -0.39 is 0 Å². The Morgan fingerprint density at radius 3 is 3.05 bits per heavy atom. The lowest BCUT2D eigenvalue weighted by atomic mass is 10.1. The van der Waals surface area contributed by atoms with E-state index in [1.54, 1.807) is 0 Å². The zero-order chi connectivity index (χ0) is 13.2. The second kappa shape index (κ2) is 5.09. The van der Waals surface area contributed by atoms with E-state index in [0.29, 0.717) is 5.92 Å². The average Bonchev–Trinajstić information content (AvgIpc) is 3.01. The zero-order valence-corrected chi connectivity index (χ0v) is 11.3. The summed E-state index contributed by atoms with van der Waals surface area (Å²) in [6.45, 7) is 6.99. The third-order valence-electron chi connectivity index (χ3n) is 3.71. The number of nitrogens with zero attached hydrogens (tertiary/aromatic N) is 4. The Balaban J connectivity index is 1.65. The molecule has 0 spiro atoms. The number of hydrogen-bond donors (Lipinski definition) is 0. The molecule has 0 N–H and O–H groups in total. The molecule has 3 rings (SSSR count). The normalized spacial score (nSPS) is 20.0. The largest absolute Gasteiger partial charge is 0.339 e. The lowest BCUT2D eigenvalue weighted by Gasteiger charge is -2.16. The first-order valence-corrected chi connectivity index (χ1v) is 6.64. The molecule has 0 amide bonds. The Morgan fingerprint density at radius 2 is 2.32 bits per heavy atom. The third kappa shape index (κ3) is 2.66. The van der Waals surface area contributed by atoms with Gasteiger partial charge in [0.2, 0.25) is 5.89 Å². The van der Waals surface area contributed by atoms with Gasteiger partial charge in [-0.05, 0) is 44.0 Å². The molecule has 0 radical (unpaired) electrons. The monoisotopic (exact) mass is 258 g/mol. The van der Waals surface area contributed by atoms with Crippen molar-refractivity contribution in [3.05, 3.63) is 41.3 Å². The summed E-state index contributed by atoms with van der Waals surface area (Å²) >= 11 is 0. The van der Waals surface area contributed by atoms with Crippen LogP contribution in [-0.2, 0) is 6.54 Å². The van der Waals surface area contributed by atoms with Crippen LogP contribution >= 0.6 is 0 Å². The molecule has 0 aromatic carbocycles. The molecule has 5 nitrogen and oxygen atoms in total. The highest BCUT2D eigenvalue weighted by molar-refractivity contribution is 5.21. The standard InChI is InChI=1S/C14H18N4O/c1-10-3-5-15-7-13(10)9-18-6-4-12(8-18)14-16-11(2)17-19-14/h3,5,7,12H,4,6,8-9H2,1-2H3/t12-/m1/s1. The Labute approximate surface area is 112 Å². The van der Waals surface area contributed by atoms with Gasteiger partial charge in [0.25, 0.3) is 0 Å². The van der Waals surface area contributed by atoms with Gasteiger partial charge in [-0.3, -0.25) is 9.88 Å². The second-order valence-corrected chi connectivity index (χ2v) is 5.20. The van der Waals surface area contributed by atoms with Gasteiger partial charge in [-0.15, -0.1) is 0 Å². The summed E-state index contributed by atoms with van der Waals surface area (Å²) < 4.78 is 5.27. The number of hydrogen-bond acceptors (Lipinski definition) is 5. The van der Waals surface area contributed by atoms with Crippen LogP contribution in [0.25, 0.3) is 0 Å². The fourth-order valence-electron chi connectivity index (χ4n) is 2.56. The summed E-state index contributed by atoms with van der Waals surface area (Å²) in [5.74, 6) is 1.87. The number of likely N-dealkylation sites (tertiary alicyclic amines) is 1. The Hall–Kier alpha value is -1.75. The molecular formula is C14H18N4O. The quantitative estimate of drug-likeness (QED) is 0.843. The summed E-state index contributed by atoms with van der Waals surface area (Å²) in [6.07, 6.45) is 4.88. The topological polar surface area (TPSA) is 55.1 Å². The van der Waals surface area contributed by atoms with Crippen LogP contribution in [0.2, 0.25) is 0 Å². The maximum absolute atomic E-state index is 5.27. The summed E-state index contributed by atoms with van der Waals surface area (Å²) in [4.78, 5) is 11.0. The molecule has 5 heteroatoms. The van der Waals surface area contributed by atoms with E-state index in [4.69, 9.17) is 4.52 Å². The van der Waals surface area contributed by atoms with Crippen LogP contribution in [0, 0.1) is 13.8 Å². The molecule has 1 aliphatic heterocycles. The molecule has 2 aromatic heterocycles. The van der Waals surface area contributed by atoms with Gasteiger partial charge in [0.15, 0.2) is 5.82 Å². The molecule has 1 fully saturated rings. The predicted molar refractivity (Wildman–Crippen MR) is 70.6 cm³/mol. The van der Waals surface area contributed by atoms with Gasteiger partial charge in [-0.2, -0.15) is 4.98 Å². The Morgan fingerprint density at radius 1 is 1.42 bits per heavy atom. The molecule has 1 atom stereocenters. The van der Waals surface area contributed by atoms with Crippen molar-refractivity contribution < 1.29 is 4.52 Å². The van der Waals surface area contributed by atoms with Gasteiger partial charge in [0.1, 0.15) is 0 Å². The van der Waals surface area contributed by atoms with Crippen molar-refractivity contribution in [3.63, 3.8) is 0 Å². The van der Waals surface area contributed by atoms with E-state index in [2.05, 4.69) is 33.0 Å². The first-order valence-electron chi connectivity index (χ1n) is 6.64. The van der Waals surface area contributed by atoms with Crippen LogP contribution in [0.15, 0.2) is 23.0 Å². The predicted octanol–water partition coefficient (Wildman–Crippen LogP) is 2.07. The van der Waals surface area contributed by atoms with Gasteiger partial charge in [-0.1, -0.05) is 5.16 Å². The van der Waals surface area contributed by atoms with Crippen LogP contribution in [0.4, 0.5) is 0 Å². The minimum atomic E-state index is 0.373. The fourth-order valence-corrected chi connectivity index (χ4v) is 2.56. The molecule has 0 saturated carbocycles. The molecule has 100 valence electrons. The van der Waals surface area contributed by atoms with Crippen molar-refractivity contribution >= 4 is 0 Å². The molecule has 0 unspecified atom stereocenters. The molecule has 2 aromatic rings. The highest BCUT2D eigenvalue weighted by atomic mass is 16.5. The van der Waals surface area contributed by atoms with Crippen LogP contribution in [0.5, 0.6) is 0 Å². The molecular weight excluding hydrogens is 240 g/mol. The number of aromatic nitrogens is 3. The zero-order valence-electron chi connectivity index (χ0n) is 11.3. The van der Waals surface area contributed by atoms with Crippen molar-refractivity contribution in [1.82, 2.24) is 20.0 Å². The maximum Gasteiger partial charge on any atom is 0.231 e. The van der Waals surface area contributed by atoms with Crippen molar-refractivity contribution in [1.29, 1.82) is 0 Å². The second-order valence-electron chi connectivity index (χ2n) is 5.20. The molecule has 0 bridgehead atoms. The average molecular weight is 258 g/mol. The van der Waals surface area contributed by atoms with Crippen LogP contribution in [-0.4, -0.2) is 33.1 Å². The van der Waals surface area contributed by atoms with Gasteiger partial charge in [0, 0.05) is 25.5 Å². The molecule has 0 aliphatic carbocycles. The van der Waals surface area contributed by atoms with E-state index in [1.165, 1.54) is 11.1 Å². The highest BCUT2D eigenvalue weighted by Gasteiger charge is 2.28. The van der Waals surface area contributed by atoms with Crippen molar-refractivity contribution in [2.24, 2.45) is 0 Å². The highest BCUT2D eigenvalue weighted by Crippen LogP contribution is 2.27. The van der Waals surface area contributed by atoms with E-state index in [9.17, 15) is 0 Å². The van der Waals surface area contributed by atoms with Crippen LogP contribution in [0.1, 0.15) is 35.2 Å².